The van der Waals surface area contributed by atoms with Crippen LogP contribution in [0.15, 0.2) is 53.4 Å². The fourth-order valence-corrected chi connectivity index (χ4v) is 5.33. The average Bonchev–Trinajstić information content (AvgIpc) is 3.16. The highest BCUT2D eigenvalue weighted by Gasteiger charge is 2.33. The molecule has 0 radical (unpaired) electrons. The summed E-state index contributed by atoms with van der Waals surface area (Å²) in [6.45, 7) is -0.938. The van der Waals surface area contributed by atoms with Crippen LogP contribution < -0.4 is 0 Å². The molecule has 0 N–H and O–H groups in total. The van der Waals surface area contributed by atoms with Crippen molar-refractivity contribution in [3.63, 3.8) is 0 Å². The fourth-order valence-electron chi connectivity index (χ4n) is 3.86. The van der Waals surface area contributed by atoms with E-state index in [0.29, 0.717) is 18.4 Å². The average molecular weight is 464 g/mol. The van der Waals surface area contributed by atoms with Crippen molar-refractivity contribution in [2.75, 3.05) is 13.1 Å². The normalized spacial score (nSPS) is 16.0. The number of carbonyl (C=O) groups is 1. The van der Waals surface area contributed by atoms with Gasteiger partial charge in [0.1, 0.15) is 6.61 Å². The summed E-state index contributed by atoms with van der Waals surface area (Å²) < 4.78 is 60.0. The fraction of sp³-hybridized carbons (Fsp3) is 0.364. The van der Waals surface area contributed by atoms with Gasteiger partial charge in [0.25, 0.3) is 0 Å². The summed E-state index contributed by atoms with van der Waals surface area (Å²) in [6, 6.07) is 13.1. The Bertz CT molecular complexity index is 1220. The van der Waals surface area contributed by atoms with E-state index >= 15 is 0 Å². The second-order valence-electron chi connectivity index (χ2n) is 7.76. The zero-order chi connectivity index (χ0) is 22.9. The van der Waals surface area contributed by atoms with Crippen molar-refractivity contribution in [2.45, 2.75) is 37.8 Å². The topological polar surface area (TPSA) is 81.5 Å². The first-order valence-corrected chi connectivity index (χ1v) is 11.7. The molecule has 0 saturated carbocycles. The van der Waals surface area contributed by atoms with Gasteiger partial charge >= 0.3 is 12.5 Å². The lowest BCUT2D eigenvalue weighted by atomic mass is 9.98. The van der Waals surface area contributed by atoms with E-state index < -0.39 is 28.5 Å². The predicted octanol–water partition coefficient (Wildman–Crippen LogP) is 3.88. The standard InChI is InChI=1S/C22H23F2N3O4S/c1-15-6-8-17(9-7-15)32(29,30)26-12-10-16(11-13-26)21(28)31-14-20-25-18-4-2-3-5-19(18)27(20)22(23)24/h2-9,16,22H,10-14H2,1H3. The minimum Gasteiger partial charge on any atom is -0.457 e. The molecule has 1 saturated heterocycles. The van der Waals surface area contributed by atoms with Gasteiger partial charge in [0.15, 0.2) is 5.82 Å². The molecule has 0 aliphatic carbocycles. The number of esters is 1. The second-order valence-corrected chi connectivity index (χ2v) is 9.70. The molecular formula is C22H23F2N3O4S. The van der Waals surface area contributed by atoms with E-state index in [2.05, 4.69) is 4.98 Å². The molecule has 0 bridgehead atoms. The molecule has 7 nitrogen and oxygen atoms in total. The van der Waals surface area contributed by atoms with Crippen LogP contribution in [0.4, 0.5) is 8.78 Å². The summed E-state index contributed by atoms with van der Waals surface area (Å²) in [5, 5.41) is 0. The first-order valence-electron chi connectivity index (χ1n) is 10.2. The molecule has 3 aromatic rings. The third kappa shape index (κ3) is 4.37. The Morgan fingerprint density at radius 3 is 2.44 bits per heavy atom. The van der Waals surface area contributed by atoms with Crippen LogP contribution >= 0.6 is 0 Å². The summed E-state index contributed by atoms with van der Waals surface area (Å²) in [6.07, 6.45) is 0.602. The van der Waals surface area contributed by atoms with Gasteiger partial charge in [0.05, 0.1) is 21.8 Å². The Hall–Kier alpha value is -2.85. The number of benzene rings is 2. The summed E-state index contributed by atoms with van der Waals surface area (Å²) in [4.78, 5) is 16.9. The van der Waals surface area contributed by atoms with Crippen LogP contribution in [-0.2, 0) is 26.2 Å². The minimum atomic E-state index is -3.63. The SMILES string of the molecule is Cc1ccc(S(=O)(=O)N2CCC(C(=O)OCc3nc4ccccc4n3C(F)F)CC2)cc1. The number of rotatable bonds is 6. The highest BCUT2D eigenvalue weighted by atomic mass is 32.2. The molecule has 4 rings (SSSR count). The predicted molar refractivity (Wildman–Crippen MR) is 113 cm³/mol. The lowest BCUT2D eigenvalue weighted by molar-refractivity contribution is -0.151. The van der Waals surface area contributed by atoms with Gasteiger partial charge < -0.3 is 4.74 Å². The molecular weight excluding hydrogens is 440 g/mol. The van der Waals surface area contributed by atoms with Crippen LogP contribution in [0.2, 0.25) is 0 Å². The number of piperidine rings is 1. The number of hydrogen-bond acceptors (Lipinski definition) is 5. The highest BCUT2D eigenvalue weighted by molar-refractivity contribution is 7.89. The smallest absolute Gasteiger partial charge is 0.320 e. The van der Waals surface area contributed by atoms with Gasteiger partial charge in [0, 0.05) is 13.1 Å². The summed E-state index contributed by atoms with van der Waals surface area (Å²) in [5.41, 5.74) is 1.63. The zero-order valence-electron chi connectivity index (χ0n) is 17.4. The molecule has 0 amide bonds. The van der Waals surface area contributed by atoms with Crippen molar-refractivity contribution in [3.8, 4) is 0 Å². The van der Waals surface area contributed by atoms with Gasteiger partial charge in [-0.3, -0.25) is 9.36 Å². The molecule has 1 aliphatic rings. The third-order valence-electron chi connectivity index (χ3n) is 5.65. The van der Waals surface area contributed by atoms with E-state index in [-0.39, 0.29) is 35.9 Å². The number of aryl methyl sites for hydroxylation is 1. The second kappa shape index (κ2) is 8.95. The van der Waals surface area contributed by atoms with Gasteiger partial charge in [0.2, 0.25) is 10.0 Å². The van der Waals surface area contributed by atoms with Gasteiger partial charge in [-0.2, -0.15) is 13.1 Å². The van der Waals surface area contributed by atoms with E-state index in [0.717, 1.165) is 10.1 Å². The van der Waals surface area contributed by atoms with Crippen LogP contribution in [0.1, 0.15) is 30.8 Å². The first kappa shape index (κ1) is 22.3. The Kier molecular flexibility index (Phi) is 6.25. The van der Waals surface area contributed by atoms with Crippen molar-refractivity contribution in [1.82, 2.24) is 13.9 Å². The number of imidazole rings is 1. The number of aromatic nitrogens is 2. The lowest BCUT2D eigenvalue weighted by Crippen LogP contribution is -2.40. The number of fused-ring (bicyclic) bond motifs is 1. The summed E-state index contributed by atoms with van der Waals surface area (Å²) in [5.74, 6) is -1.07. The van der Waals surface area contributed by atoms with Crippen LogP contribution in [0, 0.1) is 12.8 Å². The molecule has 32 heavy (non-hydrogen) atoms. The maximum atomic E-state index is 13.5. The van der Waals surface area contributed by atoms with Gasteiger partial charge in [-0.15, -0.1) is 0 Å². The van der Waals surface area contributed by atoms with Crippen molar-refractivity contribution in [2.24, 2.45) is 5.92 Å². The number of para-hydroxylation sites is 2. The van der Waals surface area contributed by atoms with E-state index in [4.69, 9.17) is 4.74 Å². The molecule has 2 aromatic carbocycles. The maximum absolute atomic E-state index is 13.5. The number of hydrogen-bond donors (Lipinski definition) is 0. The van der Waals surface area contributed by atoms with E-state index in [1.807, 2.05) is 6.92 Å². The van der Waals surface area contributed by atoms with E-state index in [1.165, 1.54) is 10.4 Å². The van der Waals surface area contributed by atoms with Crippen molar-refractivity contribution < 1.29 is 26.7 Å². The Morgan fingerprint density at radius 1 is 1.12 bits per heavy atom. The number of sulfonamides is 1. The van der Waals surface area contributed by atoms with Gasteiger partial charge in [-0.05, 0) is 44.0 Å². The number of nitrogens with zero attached hydrogens (tertiary/aromatic N) is 3. The Morgan fingerprint density at radius 2 is 1.78 bits per heavy atom. The molecule has 2 heterocycles. The van der Waals surface area contributed by atoms with E-state index in [9.17, 15) is 22.0 Å². The molecule has 0 spiro atoms. The van der Waals surface area contributed by atoms with Crippen LogP contribution in [0.5, 0.6) is 0 Å². The summed E-state index contributed by atoms with van der Waals surface area (Å²) in [7, 11) is -3.63. The third-order valence-corrected chi connectivity index (χ3v) is 7.57. The minimum absolute atomic E-state index is 0.0334. The Balaban J connectivity index is 1.38. The van der Waals surface area contributed by atoms with Crippen molar-refractivity contribution in [3.05, 3.63) is 59.9 Å². The number of alkyl halides is 2. The van der Waals surface area contributed by atoms with Gasteiger partial charge in [-0.25, -0.2) is 13.4 Å². The molecule has 170 valence electrons. The first-order chi connectivity index (χ1) is 15.3. The monoisotopic (exact) mass is 463 g/mol. The zero-order valence-corrected chi connectivity index (χ0v) is 18.3. The van der Waals surface area contributed by atoms with Crippen molar-refractivity contribution >= 4 is 27.0 Å². The molecule has 10 heteroatoms. The Labute approximate surface area is 184 Å². The van der Waals surface area contributed by atoms with Crippen molar-refractivity contribution in [1.29, 1.82) is 0 Å². The molecule has 1 fully saturated rings. The van der Waals surface area contributed by atoms with Crippen LogP contribution in [0.25, 0.3) is 11.0 Å². The molecule has 0 atom stereocenters. The number of ether oxygens (including phenoxy) is 1. The highest BCUT2D eigenvalue weighted by Crippen LogP contribution is 2.27. The van der Waals surface area contributed by atoms with Gasteiger partial charge in [-0.1, -0.05) is 29.8 Å². The number of halogens is 2. The van der Waals surface area contributed by atoms with Crippen LogP contribution in [-0.4, -0.2) is 41.3 Å². The molecule has 0 unspecified atom stereocenters. The number of carbonyl (C=O) groups excluding carboxylic acids is 1. The van der Waals surface area contributed by atoms with Crippen LogP contribution in [0.3, 0.4) is 0 Å². The van der Waals surface area contributed by atoms with E-state index in [1.54, 1.807) is 42.5 Å². The molecule has 1 aliphatic heterocycles. The molecule has 1 aromatic heterocycles. The maximum Gasteiger partial charge on any atom is 0.320 e. The summed E-state index contributed by atoms with van der Waals surface area (Å²) >= 11 is 0. The quantitative estimate of drug-likeness (QED) is 0.518. The lowest BCUT2D eigenvalue weighted by Gasteiger charge is -2.30. The largest absolute Gasteiger partial charge is 0.457 e.